The van der Waals surface area contributed by atoms with Gasteiger partial charge in [-0.1, -0.05) is 42.5 Å². The first-order valence-corrected chi connectivity index (χ1v) is 29.8. The SMILES string of the molecule is CC(=O)CC1C(COC(C)=O)OC(OC2C(OC(=O)C=Cc3ccc(O)cc3)C(COC(C)=O)OC(OC3(COC(=O)C=Cc4ccc(O)cc4)OC(CO)C(O)C3OC(=O)c3ccccc3)C2OC2OC(CO)C(O)C(O)C2O)C(O)C1OC1OC(CO)C(O)C(O)C1O. The zero-order valence-electron chi connectivity index (χ0n) is 51.0. The molecule has 3 aromatic rings. The maximum absolute atomic E-state index is 14.4. The monoisotopic (exact) mass is 1350 g/mol. The maximum Gasteiger partial charge on any atom is 0.338 e. The van der Waals surface area contributed by atoms with Crippen LogP contribution in [-0.4, -0.2) is 282 Å². The molecule has 33 heteroatoms. The van der Waals surface area contributed by atoms with E-state index in [9.17, 15) is 95.2 Å². The van der Waals surface area contributed by atoms with Crippen LogP contribution in [-0.2, 0) is 90.3 Å². The molecule has 13 N–H and O–H groups in total. The summed E-state index contributed by atoms with van der Waals surface area (Å²) in [5.41, 5.74) is 0.511. The van der Waals surface area contributed by atoms with Gasteiger partial charge in [0.1, 0.15) is 129 Å². The molecule has 5 aliphatic heterocycles. The molecule has 33 nitrogen and oxygen atoms in total. The second-order valence-electron chi connectivity index (χ2n) is 22.8. The zero-order chi connectivity index (χ0) is 69.0. The van der Waals surface area contributed by atoms with Crippen LogP contribution in [0.25, 0.3) is 12.2 Å². The number of Topliss-reactive ketones (excluding diaryl/α,β-unsaturated/α-hetero) is 1. The first-order chi connectivity index (χ1) is 45.2. The van der Waals surface area contributed by atoms with E-state index in [1.165, 1.54) is 84.9 Å². The van der Waals surface area contributed by atoms with E-state index in [0.29, 0.717) is 11.1 Å². The second kappa shape index (κ2) is 33.3. The largest absolute Gasteiger partial charge is 0.508 e. The third-order valence-electron chi connectivity index (χ3n) is 15.9. The highest BCUT2D eigenvalue weighted by molar-refractivity contribution is 5.90. The fraction of sp³-hybridized carbons (Fsp3) is 0.548. The molecule has 3 aromatic carbocycles. The normalized spacial score (nSPS) is 35.7. The third kappa shape index (κ3) is 18.3. The van der Waals surface area contributed by atoms with Crippen LogP contribution in [0.1, 0.15) is 48.7 Å². The highest BCUT2D eigenvalue weighted by Crippen LogP contribution is 2.43. The topological polar surface area (TPSA) is 495 Å². The number of aliphatic hydroxyl groups is 11. The Morgan fingerprint density at radius 3 is 1.46 bits per heavy atom. The van der Waals surface area contributed by atoms with E-state index in [1.807, 2.05) is 0 Å². The zero-order valence-corrected chi connectivity index (χ0v) is 51.0. The van der Waals surface area contributed by atoms with Gasteiger partial charge in [-0.15, -0.1) is 0 Å². The van der Waals surface area contributed by atoms with Crippen molar-refractivity contribution in [3.8, 4) is 11.5 Å². The number of ether oxygens (including phenoxy) is 14. The number of phenolic OH excluding ortho intramolecular Hbond substituents is 2. The van der Waals surface area contributed by atoms with Crippen molar-refractivity contribution in [2.24, 2.45) is 5.92 Å². The van der Waals surface area contributed by atoms with Crippen molar-refractivity contribution in [2.75, 3.05) is 39.6 Å². The summed E-state index contributed by atoms with van der Waals surface area (Å²) in [6.07, 6.45) is -43.2. The highest BCUT2D eigenvalue weighted by Gasteiger charge is 2.64. The summed E-state index contributed by atoms with van der Waals surface area (Å²) in [6.45, 7) is -3.16. The number of ketones is 1. The molecule has 95 heavy (non-hydrogen) atoms. The second-order valence-corrected chi connectivity index (χ2v) is 22.8. The number of carbonyl (C=O) groups excluding carboxylic acids is 6. The number of hydrogen-bond donors (Lipinski definition) is 13. The average Bonchev–Trinajstić information content (AvgIpc) is 1.73. The minimum Gasteiger partial charge on any atom is -0.508 e. The molecule has 0 saturated carbocycles. The number of rotatable bonds is 26. The lowest BCUT2D eigenvalue weighted by Gasteiger charge is -2.51. The molecule has 0 spiro atoms. The first kappa shape index (κ1) is 73.8. The average molecular weight is 1350 g/mol. The lowest BCUT2D eigenvalue weighted by atomic mass is 9.84. The van der Waals surface area contributed by atoms with Gasteiger partial charge in [-0.05, 0) is 66.6 Å². The maximum atomic E-state index is 14.4. The van der Waals surface area contributed by atoms with E-state index in [0.717, 1.165) is 32.9 Å². The molecule has 522 valence electrons. The van der Waals surface area contributed by atoms with E-state index in [4.69, 9.17) is 66.3 Å². The Balaban J connectivity index is 1.32. The van der Waals surface area contributed by atoms with Gasteiger partial charge in [0, 0.05) is 38.3 Å². The third-order valence-corrected chi connectivity index (χ3v) is 15.9. The van der Waals surface area contributed by atoms with Crippen LogP contribution >= 0.6 is 0 Å². The van der Waals surface area contributed by atoms with Crippen LogP contribution in [0, 0.1) is 5.92 Å². The van der Waals surface area contributed by atoms with Crippen LogP contribution in [0.5, 0.6) is 11.5 Å². The van der Waals surface area contributed by atoms with Crippen molar-refractivity contribution in [2.45, 2.75) is 168 Å². The Morgan fingerprint density at radius 1 is 0.474 bits per heavy atom. The molecule has 0 aromatic heterocycles. The molecule has 0 aliphatic carbocycles. The van der Waals surface area contributed by atoms with E-state index >= 15 is 0 Å². The van der Waals surface area contributed by atoms with Gasteiger partial charge in [0.2, 0.25) is 5.79 Å². The van der Waals surface area contributed by atoms with Crippen LogP contribution < -0.4 is 0 Å². The number of esters is 5. The molecule has 5 aliphatic rings. The molecule has 0 amide bonds. The summed E-state index contributed by atoms with van der Waals surface area (Å²) >= 11 is 0. The van der Waals surface area contributed by atoms with Crippen LogP contribution in [0.3, 0.4) is 0 Å². The Kier molecular flexibility index (Phi) is 25.8. The summed E-state index contributed by atoms with van der Waals surface area (Å²) in [4.78, 5) is 81.0. The number of aliphatic hydroxyl groups excluding tert-OH is 11. The summed E-state index contributed by atoms with van der Waals surface area (Å²) in [7, 11) is 0. The van der Waals surface area contributed by atoms with Gasteiger partial charge >= 0.3 is 29.8 Å². The molecule has 8 rings (SSSR count). The van der Waals surface area contributed by atoms with Gasteiger partial charge in [0.15, 0.2) is 37.4 Å². The number of carbonyl (C=O) groups is 6. The van der Waals surface area contributed by atoms with E-state index in [1.54, 1.807) is 6.07 Å². The minimum absolute atomic E-state index is 0.113. The highest BCUT2D eigenvalue weighted by atomic mass is 16.8. The van der Waals surface area contributed by atoms with Gasteiger partial charge in [-0.2, -0.15) is 0 Å². The summed E-state index contributed by atoms with van der Waals surface area (Å²) in [5.74, 6) is -11.0. The van der Waals surface area contributed by atoms with Crippen LogP contribution in [0.4, 0.5) is 0 Å². The van der Waals surface area contributed by atoms with Crippen molar-refractivity contribution in [3.63, 3.8) is 0 Å². The van der Waals surface area contributed by atoms with Crippen LogP contribution in [0.2, 0.25) is 0 Å². The summed E-state index contributed by atoms with van der Waals surface area (Å²) in [5, 5.41) is 143. The molecule has 0 radical (unpaired) electrons. The molecule has 24 unspecified atom stereocenters. The predicted octanol–water partition coefficient (Wildman–Crippen LogP) is -3.74. The lowest BCUT2D eigenvalue weighted by molar-refractivity contribution is -0.422. The summed E-state index contributed by atoms with van der Waals surface area (Å²) < 4.78 is 85.1. The summed E-state index contributed by atoms with van der Waals surface area (Å²) in [6, 6.07) is 17.9. The number of aromatic hydroxyl groups is 2. The Labute approximate surface area is 540 Å². The van der Waals surface area contributed by atoms with Gasteiger partial charge < -0.3 is 137 Å². The van der Waals surface area contributed by atoms with Crippen molar-refractivity contribution < 1.29 is 161 Å². The Morgan fingerprint density at radius 2 is 0.947 bits per heavy atom. The standard InChI is InChI=1S/C62H76O33/c1-28(66)21-36-40(25-82-29(2)67)87-60(51(80)52(36)90-58-49(78)47(76)44(73)37(22-63)85-58)91-54-53(89-43(72)20-14-32-11-17-35(70)18-12-32)41(26-83-30(3)68)88-61(55(54)92-59-50(79)48(77)45(74)38(23-64)86-59)95-62(27-84-42(71)19-13-31-9-15-34(69)16-10-31)56(46(75)39(24-65)94-62)93-57(81)33-7-5-4-6-8-33/h4-20,36-41,44-56,58-61,63-65,69-70,73-80H,21-27H2,1-3H3. The van der Waals surface area contributed by atoms with Crippen LogP contribution in [0.15, 0.2) is 91.0 Å². The lowest BCUT2D eigenvalue weighted by Crippen LogP contribution is -2.69. The molecule has 0 bridgehead atoms. The first-order valence-electron chi connectivity index (χ1n) is 29.8. The number of phenols is 2. The molecular formula is C62H76O33. The molecule has 5 saturated heterocycles. The Bertz CT molecular complexity index is 3090. The van der Waals surface area contributed by atoms with Gasteiger partial charge in [0.25, 0.3) is 0 Å². The van der Waals surface area contributed by atoms with Gasteiger partial charge in [0.05, 0.1) is 31.5 Å². The van der Waals surface area contributed by atoms with E-state index in [-0.39, 0.29) is 17.1 Å². The van der Waals surface area contributed by atoms with Gasteiger partial charge in [-0.25, -0.2) is 14.4 Å². The van der Waals surface area contributed by atoms with Crippen molar-refractivity contribution in [1.29, 1.82) is 0 Å². The predicted molar refractivity (Wildman–Crippen MR) is 310 cm³/mol. The van der Waals surface area contributed by atoms with Crippen molar-refractivity contribution >= 4 is 47.8 Å². The van der Waals surface area contributed by atoms with Crippen molar-refractivity contribution in [1.82, 2.24) is 0 Å². The quantitative estimate of drug-likeness (QED) is 0.0209. The Hall–Kier alpha value is -7.04. The van der Waals surface area contributed by atoms with E-state index in [2.05, 4.69) is 0 Å². The molecule has 24 atom stereocenters. The van der Waals surface area contributed by atoms with E-state index < -0.39 is 228 Å². The number of hydrogen-bond acceptors (Lipinski definition) is 33. The molecule has 5 heterocycles. The minimum atomic E-state index is -3.01. The van der Waals surface area contributed by atoms with Gasteiger partial charge in [-0.3, -0.25) is 9.59 Å². The fourth-order valence-corrected chi connectivity index (χ4v) is 11.0. The fourth-order valence-electron chi connectivity index (χ4n) is 11.0. The number of benzene rings is 3. The smallest absolute Gasteiger partial charge is 0.338 e. The molecule has 5 fully saturated rings. The van der Waals surface area contributed by atoms with Crippen molar-refractivity contribution in [3.05, 3.63) is 108 Å². The molecular weight excluding hydrogens is 1270 g/mol.